The van der Waals surface area contributed by atoms with Gasteiger partial charge in [-0.3, -0.25) is 19.5 Å². The predicted octanol–water partition coefficient (Wildman–Crippen LogP) is 2.70. The van der Waals surface area contributed by atoms with E-state index in [1.165, 1.54) is 0 Å². The highest BCUT2D eigenvalue weighted by atomic mass is 127. The van der Waals surface area contributed by atoms with Gasteiger partial charge in [-0.1, -0.05) is 15.9 Å². The number of amides is 2. The molecule has 0 fully saturated rings. The lowest BCUT2D eigenvalue weighted by Crippen LogP contribution is -2.41. The standard InChI is InChI=1S/C23H22BrFIN7O4/c24-13-1-11(2-15(26)5-13)17(6-21(35)36)31-20(34)10-27-22(37)12-3-18(16-9-30-33-19(16)4-12)32-23-28-7-14(25)8-29-23/h1-5,9,14,17H,6-8,10H2,(H,27,37)(H,30,33)(H,31,34)(H,35,36)(H2,28,29,32)/t17-/m0/s1. The van der Waals surface area contributed by atoms with Crippen LogP contribution in [-0.4, -0.2) is 64.9 Å². The Bertz CT molecular complexity index is 1360. The molecule has 0 spiro atoms. The van der Waals surface area contributed by atoms with E-state index in [0.717, 1.165) is 8.04 Å². The zero-order chi connectivity index (χ0) is 26.5. The number of aliphatic carboxylic acids is 1. The summed E-state index contributed by atoms with van der Waals surface area (Å²) in [6, 6.07) is 7.77. The number of carboxylic acid groups (broad SMARTS) is 1. The number of hydrogen-bond donors (Lipinski definition) is 6. The number of anilines is 1. The summed E-state index contributed by atoms with van der Waals surface area (Å²) in [5, 5.41) is 28.0. The fraction of sp³-hybridized carbons (Fsp3) is 0.261. The van der Waals surface area contributed by atoms with Crippen LogP contribution in [0.4, 0.5) is 10.1 Å². The number of carbonyl (C=O) groups excluding carboxylic acids is 2. The third-order valence-electron chi connectivity index (χ3n) is 5.42. The number of aromatic nitrogens is 2. The summed E-state index contributed by atoms with van der Waals surface area (Å²) in [7, 11) is 0. The Morgan fingerprint density at radius 1 is 1.24 bits per heavy atom. The van der Waals surface area contributed by atoms with Crippen molar-refractivity contribution in [1.82, 2.24) is 26.1 Å². The molecule has 2 aromatic carbocycles. The second-order valence-electron chi connectivity index (χ2n) is 8.25. The molecule has 0 bridgehead atoms. The van der Waals surface area contributed by atoms with Gasteiger partial charge < -0.3 is 26.4 Å². The van der Waals surface area contributed by atoms with Gasteiger partial charge in [0.2, 0.25) is 5.91 Å². The molecule has 2 atom stereocenters. The van der Waals surface area contributed by atoms with Crippen molar-refractivity contribution in [2.45, 2.75) is 18.6 Å². The van der Waals surface area contributed by atoms with Crippen LogP contribution in [0.2, 0.25) is 0 Å². The van der Waals surface area contributed by atoms with Gasteiger partial charge in [0.1, 0.15) is 6.17 Å². The molecule has 1 aliphatic heterocycles. The maximum atomic E-state index is 13.4. The van der Waals surface area contributed by atoms with Gasteiger partial charge in [0.25, 0.3) is 5.91 Å². The van der Waals surface area contributed by atoms with Crippen molar-refractivity contribution in [2.24, 2.45) is 4.99 Å². The number of nitrogens with one attached hydrogen (secondary N) is 5. The minimum Gasteiger partial charge on any atom is -0.481 e. The number of nitrogens with zero attached hydrogens (tertiary/aromatic N) is 2. The molecule has 0 saturated heterocycles. The number of aliphatic imine (C=N–C) groups is 1. The highest BCUT2D eigenvalue weighted by Crippen LogP contribution is 2.25. The largest absolute Gasteiger partial charge is 0.481 e. The predicted molar refractivity (Wildman–Crippen MR) is 147 cm³/mol. The van der Waals surface area contributed by atoms with E-state index in [1.54, 1.807) is 30.5 Å². The maximum absolute atomic E-state index is 13.4. The van der Waals surface area contributed by atoms with E-state index < -0.39 is 30.0 Å². The Morgan fingerprint density at radius 3 is 2.76 bits per heavy atom. The van der Waals surface area contributed by atoms with E-state index in [2.05, 4.69) is 75.0 Å². The third kappa shape index (κ3) is 7.15. The van der Waals surface area contributed by atoms with Gasteiger partial charge in [0, 0.05) is 19.0 Å². The molecule has 6 N–H and O–H groups in total. The topological polar surface area (TPSA) is 161 Å². The normalized spacial score (nSPS) is 15.9. The van der Waals surface area contributed by atoms with Crippen LogP contribution in [-0.2, 0) is 9.59 Å². The second-order valence-corrected chi connectivity index (χ2v) is 10.4. The first-order valence-corrected chi connectivity index (χ1v) is 13.0. The van der Waals surface area contributed by atoms with E-state index in [1.807, 2.05) is 6.07 Å². The monoisotopic (exact) mass is 685 g/mol. The fourth-order valence-corrected chi connectivity index (χ4v) is 5.36. The van der Waals surface area contributed by atoms with Crippen LogP contribution in [0.25, 0.3) is 10.9 Å². The Balaban J connectivity index is 1.44. The van der Waals surface area contributed by atoms with Crippen molar-refractivity contribution in [3.63, 3.8) is 0 Å². The molecule has 37 heavy (non-hydrogen) atoms. The van der Waals surface area contributed by atoms with Crippen molar-refractivity contribution in [3.05, 3.63) is 55.7 Å². The summed E-state index contributed by atoms with van der Waals surface area (Å²) < 4.78 is 15.0. The lowest BCUT2D eigenvalue weighted by Gasteiger charge is -2.19. The first kappa shape index (κ1) is 26.8. The van der Waals surface area contributed by atoms with Crippen molar-refractivity contribution in [3.8, 4) is 0 Å². The molecule has 0 radical (unpaired) electrons. The number of carboxylic acids is 1. The van der Waals surface area contributed by atoms with Crippen molar-refractivity contribution in [2.75, 3.05) is 25.0 Å². The van der Waals surface area contributed by atoms with Crippen LogP contribution in [0.5, 0.6) is 0 Å². The summed E-state index contributed by atoms with van der Waals surface area (Å²) in [6.07, 6.45) is 0.198. The number of rotatable bonds is 8. The van der Waals surface area contributed by atoms with Crippen LogP contribution in [0, 0.1) is 3.57 Å². The molecule has 194 valence electrons. The zero-order valence-corrected chi connectivity index (χ0v) is 22.9. The van der Waals surface area contributed by atoms with Gasteiger partial charge in [0.05, 0.1) is 49.5 Å². The number of hydrogen-bond acceptors (Lipinski definition) is 7. The molecule has 0 aliphatic carbocycles. The first-order valence-electron chi connectivity index (χ1n) is 11.1. The summed E-state index contributed by atoms with van der Waals surface area (Å²) in [6.45, 7) is -0.214. The van der Waals surface area contributed by atoms with Gasteiger partial charge in [-0.2, -0.15) is 5.10 Å². The number of guanidine groups is 1. The number of H-pyrrole nitrogens is 1. The lowest BCUT2D eigenvalue weighted by atomic mass is 10.0. The van der Waals surface area contributed by atoms with E-state index >= 15 is 0 Å². The van der Waals surface area contributed by atoms with E-state index in [9.17, 15) is 23.9 Å². The molecular weight excluding hydrogens is 664 g/mol. The van der Waals surface area contributed by atoms with Gasteiger partial charge in [-0.05, 0) is 58.5 Å². The number of benzene rings is 2. The summed E-state index contributed by atoms with van der Waals surface area (Å²) in [5.41, 5.74) is 1.97. The smallest absolute Gasteiger partial charge is 0.305 e. The van der Waals surface area contributed by atoms with Crippen LogP contribution in [0.1, 0.15) is 28.4 Å². The SMILES string of the molecule is O=C(O)C[C@H](NC(=O)CNC(=O)c1cc(NC2=NCC(F)CN2)c2cn[nH]c2c1)c1cc(Br)cc(I)c1. The fourth-order valence-electron chi connectivity index (χ4n) is 3.73. The Kier molecular flexibility index (Phi) is 8.58. The molecule has 1 aliphatic rings. The molecular formula is C23H22BrFIN7O4. The minimum atomic E-state index is -1.07. The molecule has 0 saturated carbocycles. The summed E-state index contributed by atoms with van der Waals surface area (Å²) >= 11 is 5.48. The third-order valence-corrected chi connectivity index (χ3v) is 6.50. The average Bonchev–Trinajstić information content (AvgIpc) is 3.32. The Morgan fingerprint density at radius 2 is 2.05 bits per heavy atom. The average molecular weight is 686 g/mol. The number of aromatic amines is 1. The first-order chi connectivity index (χ1) is 17.7. The molecule has 14 heteroatoms. The Labute approximate surface area is 232 Å². The van der Waals surface area contributed by atoms with Crippen LogP contribution in [0.3, 0.4) is 0 Å². The molecule has 4 rings (SSSR count). The van der Waals surface area contributed by atoms with Gasteiger partial charge in [0.15, 0.2) is 5.96 Å². The van der Waals surface area contributed by atoms with Gasteiger partial charge >= 0.3 is 5.97 Å². The van der Waals surface area contributed by atoms with E-state index in [4.69, 9.17) is 0 Å². The molecule has 3 aromatic rings. The minimum absolute atomic E-state index is 0.0289. The van der Waals surface area contributed by atoms with E-state index in [0.29, 0.717) is 28.1 Å². The zero-order valence-electron chi connectivity index (χ0n) is 19.1. The van der Waals surface area contributed by atoms with Crippen LogP contribution in [0.15, 0.2) is 46.0 Å². The summed E-state index contributed by atoms with van der Waals surface area (Å²) in [4.78, 5) is 41.0. The number of halogens is 3. The van der Waals surface area contributed by atoms with Crippen LogP contribution < -0.4 is 21.3 Å². The summed E-state index contributed by atoms with van der Waals surface area (Å²) in [5.74, 6) is -1.77. The van der Waals surface area contributed by atoms with Crippen molar-refractivity contribution < 1.29 is 23.9 Å². The molecule has 11 nitrogen and oxygen atoms in total. The molecule has 1 unspecified atom stereocenters. The second kappa shape index (κ2) is 11.9. The quantitative estimate of drug-likeness (QED) is 0.199. The maximum Gasteiger partial charge on any atom is 0.305 e. The number of fused-ring (bicyclic) bond motifs is 1. The highest BCUT2D eigenvalue weighted by molar-refractivity contribution is 14.1. The molecule has 1 aromatic heterocycles. The van der Waals surface area contributed by atoms with Crippen molar-refractivity contribution in [1.29, 1.82) is 0 Å². The highest BCUT2D eigenvalue weighted by Gasteiger charge is 2.21. The van der Waals surface area contributed by atoms with E-state index in [-0.39, 0.29) is 31.6 Å². The van der Waals surface area contributed by atoms with Gasteiger partial charge in [-0.25, -0.2) is 9.38 Å². The lowest BCUT2D eigenvalue weighted by molar-refractivity contribution is -0.137. The molecule has 2 heterocycles. The van der Waals surface area contributed by atoms with Gasteiger partial charge in [-0.15, -0.1) is 0 Å². The number of alkyl halides is 1. The van der Waals surface area contributed by atoms with Crippen LogP contribution >= 0.6 is 38.5 Å². The Hall–Kier alpha value is -3.27. The van der Waals surface area contributed by atoms with Crippen molar-refractivity contribution >= 4 is 78.9 Å². The number of carbonyl (C=O) groups is 3. The molecule has 2 amide bonds.